The van der Waals surface area contributed by atoms with Crippen molar-refractivity contribution in [2.75, 3.05) is 52.4 Å². The Morgan fingerprint density at radius 2 is 1.46 bits per heavy atom. The maximum atomic E-state index is 14.5. The largest absolute Gasteiger partial charge is 0.542 e. The molecule has 2 atom stereocenters. The first-order valence-corrected chi connectivity index (χ1v) is 19.3. The normalized spacial score (nSPS) is 17.7. The van der Waals surface area contributed by atoms with Crippen LogP contribution in [-0.2, 0) is 32.0 Å². The van der Waals surface area contributed by atoms with E-state index in [4.69, 9.17) is 9.90 Å². The molecule has 15 heteroatoms. The number of piperazine rings is 1. The summed E-state index contributed by atoms with van der Waals surface area (Å²) in [4.78, 5) is 68.8. The van der Waals surface area contributed by atoms with Gasteiger partial charge in [-0.05, 0) is 67.3 Å². The molecule has 0 aliphatic carbocycles. The average molecular weight is 783 g/mol. The Labute approximate surface area is 325 Å². The second kappa shape index (κ2) is 20.7. The maximum absolute atomic E-state index is 14.5. The fraction of sp³-hybridized carbons (Fsp3) is 0.488. The van der Waals surface area contributed by atoms with E-state index in [1.807, 2.05) is 72.5 Å². The number of nitrogens with zero attached hydrogens (tertiary/aromatic N) is 3. The standard InChI is InChI=1S/C39H52N6O4.C2HF3O2/c1-2-41-37(48)39(28-30-12-5-3-6-13-30)19-11-21-45(29-39)36(47)34(27-31-17-18-32-14-8-9-15-33(32)26-31)42-38(49)44-24-22-43(23-25-44)35(46)16-7-4-10-20-40;3-2(4,5)1(6)7/h3,5-6,8-9,12-15,17-18,26,34H,2,4,7,10-11,16,19-25,27-29,40H2,1H3,(H,41,48)(H,42,49);(H,6,7)/t34-,39+;/m1./s1. The number of carbonyl (C=O) groups excluding carboxylic acids is 5. The number of halogens is 3. The van der Waals surface area contributed by atoms with Crippen LogP contribution in [0, 0.1) is 5.41 Å². The van der Waals surface area contributed by atoms with Crippen LogP contribution in [0.2, 0.25) is 0 Å². The molecule has 3 aromatic rings. The third-order valence-corrected chi connectivity index (χ3v) is 10.2. The van der Waals surface area contributed by atoms with Gasteiger partial charge in [-0.1, -0.05) is 72.8 Å². The number of carboxylic acid groups (broad SMARTS) is 1. The third-order valence-electron chi connectivity index (χ3n) is 10.2. The van der Waals surface area contributed by atoms with Gasteiger partial charge in [0.05, 0.1) is 12.0 Å². The molecule has 0 unspecified atom stereocenters. The van der Waals surface area contributed by atoms with Gasteiger partial charge in [-0.25, -0.2) is 4.79 Å². The molecule has 5 amide bonds. The Morgan fingerprint density at radius 1 is 0.821 bits per heavy atom. The fourth-order valence-electron chi connectivity index (χ4n) is 7.27. The van der Waals surface area contributed by atoms with E-state index in [1.165, 1.54) is 0 Å². The number of unbranched alkanes of at least 4 members (excludes halogenated alkanes) is 2. The fourth-order valence-corrected chi connectivity index (χ4v) is 7.27. The lowest BCUT2D eigenvalue weighted by atomic mass is 9.74. The van der Waals surface area contributed by atoms with E-state index >= 15 is 0 Å². The molecule has 0 saturated carbocycles. The van der Waals surface area contributed by atoms with Crippen molar-refractivity contribution in [3.63, 3.8) is 0 Å². The number of amides is 5. The van der Waals surface area contributed by atoms with Crippen LogP contribution in [0.15, 0.2) is 72.8 Å². The minimum Gasteiger partial charge on any atom is -0.542 e. The van der Waals surface area contributed by atoms with E-state index in [9.17, 15) is 32.3 Å². The van der Waals surface area contributed by atoms with Crippen molar-refractivity contribution in [1.82, 2.24) is 25.3 Å². The van der Waals surface area contributed by atoms with Crippen molar-refractivity contribution in [1.29, 1.82) is 0 Å². The van der Waals surface area contributed by atoms with E-state index in [-0.39, 0.29) is 30.3 Å². The highest BCUT2D eigenvalue weighted by Gasteiger charge is 2.44. The number of fused-ring (bicyclic) bond motifs is 1. The van der Waals surface area contributed by atoms with Crippen molar-refractivity contribution in [2.24, 2.45) is 5.41 Å². The second-order valence-electron chi connectivity index (χ2n) is 14.4. The van der Waals surface area contributed by atoms with Crippen molar-refractivity contribution in [3.8, 4) is 0 Å². The van der Waals surface area contributed by atoms with Gasteiger partial charge < -0.3 is 41.0 Å². The third kappa shape index (κ3) is 12.4. The number of rotatable bonds is 13. The van der Waals surface area contributed by atoms with Gasteiger partial charge in [-0.3, -0.25) is 14.4 Å². The number of carboxylic acids is 1. The van der Waals surface area contributed by atoms with Crippen LogP contribution in [0.25, 0.3) is 10.8 Å². The molecule has 5 N–H and O–H groups in total. The predicted molar refractivity (Wildman–Crippen MR) is 202 cm³/mol. The number of urea groups is 1. The van der Waals surface area contributed by atoms with Crippen molar-refractivity contribution < 1.29 is 48.0 Å². The smallest absolute Gasteiger partial charge is 0.430 e. The van der Waals surface area contributed by atoms with Crippen molar-refractivity contribution in [3.05, 3.63) is 83.9 Å². The van der Waals surface area contributed by atoms with Gasteiger partial charge in [0.1, 0.15) is 12.0 Å². The lowest BCUT2D eigenvalue weighted by molar-refractivity contribution is -0.368. The van der Waals surface area contributed by atoms with Gasteiger partial charge in [0, 0.05) is 58.7 Å². The lowest BCUT2D eigenvalue weighted by Crippen LogP contribution is -2.60. The first-order chi connectivity index (χ1) is 26.8. The number of benzene rings is 3. The van der Waals surface area contributed by atoms with Gasteiger partial charge in [0.15, 0.2) is 0 Å². The molecule has 12 nitrogen and oxygen atoms in total. The predicted octanol–water partition coefficient (Wildman–Crippen LogP) is 2.69. The van der Waals surface area contributed by atoms with E-state index in [0.717, 1.165) is 47.7 Å². The number of aliphatic carboxylic acids is 1. The monoisotopic (exact) mass is 782 g/mol. The van der Waals surface area contributed by atoms with Gasteiger partial charge in [0.2, 0.25) is 17.7 Å². The summed E-state index contributed by atoms with van der Waals surface area (Å²) in [5.41, 5.74) is 5.10. The number of nitrogens with one attached hydrogen (secondary N) is 2. The Balaban J connectivity index is 0.000000908. The summed E-state index contributed by atoms with van der Waals surface area (Å²) in [6.07, 6.45) is 0.434. The molecule has 56 heavy (non-hydrogen) atoms. The number of piperidine rings is 1. The Hall–Kier alpha value is -5.18. The van der Waals surface area contributed by atoms with Crippen LogP contribution in [0.3, 0.4) is 0 Å². The maximum Gasteiger partial charge on any atom is 0.430 e. The quantitative estimate of drug-likeness (QED) is 0.225. The molecule has 2 saturated heterocycles. The van der Waals surface area contributed by atoms with Gasteiger partial charge in [0.25, 0.3) is 0 Å². The second-order valence-corrected chi connectivity index (χ2v) is 14.4. The zero-order valence-electron chi connectivity index (χ0n) is 32.0. The van der Waals surface area contributed by atoms with Crippen LogP contribution >= 0.6 is 0 Å². The van der Waals surface area contributed by atoms with Gasteiger partial charge >= 0.3 is 12.2 Å². The average Bonchev–Trinajstić information content (AvgIpc) is 3.19. The molecule has 2 aliphatic rings. The molecule has 0 bridgehead atoms. The Kier molecular flexibility index (Phi) is 16.1. The van der Waals surface area contributed by atoms with E-state index < -0.39 is 23.6 Å². The van der Waals surface area contributed by atoms with Gasteiger partial charge in [-0.15, -0.1) is 0 Å². The molecule has 3 aromatic carbocycles. The van der Waals surface area contributed by atoms with Crippen LogP contribution in [0.1, 0.15) is 56.6 Å². The minimum atomic E-state index is -5.19. The number of alkyl halides is 3. The Bertz CT molecular complexity index is 1790. The molecule has 5 rings (SSSR count). The Morgan fingerprint density at radius 3 is 2.11 bits per heavy atom. The molecular weight excluding hydrogens is 729 g/mol. The minimum absolute atomic E-state index is 0.0405. The van der Waals surface area contributed by atoms with E-state index in [1.54, 1.807) is 9.80 Å². The zero-order chi connectivity index (χ0) is 40.7. The topological polar surface area (TPSA) is 170 Å². The molecule has 304 valence electrons. The van der Waals surface area contributed by atoms with E-state index in [2.05, 4.69) is 28.5 Å². The highest BCUT2D eigenvalue weighted by molar-refractivity contribution is 5.90. The summed E-state index contributed by atoms with van der Waals surface area (Å²) in [5, 5.41) is 17.1. The van der Waals surface area contributed by atoms with E-state index in [0.29, 0.717) is 71.4 Å². The number of hydrogen-bond acceptors (Lipinski definition) is 6. The highest BCUT2D eigenvalue weighted by Crippen LogP contribution is 2.35. The van der Waals surface area contributed by atoms with Gasteiger partial charge in [-0.2, -0.15) is 13.2 Å². The summed E-state index contributed by atoms with van der Waals surface area (Å²) in [6, 6.07) is 23.1. The summed E-state index contributed by atoms with van der Waals surface area (Å²) < 4.78 is 31.5. The van der Waals surface area contributed by atoms with Crippen LogP contribution in [0.4, 0.5) is 18.0 Å². The molecule has 0 radical (unpaired) electrons. The summed E-state index contributed by atoms with van der Waals surface area (Å²) >= 11 is 0. The molecule has 2 fully saturated rings. The molecule has 2 heterocycles. The summed E-state index contributed by atoms with van der Waals surface area (Å²) in [7, 11) is 0. The SMILES string of the molecule is CCNC(=O)[C@]1(Cc2ccccc2)CCCN(C(=O)[C@@H](Cc2ccc3ccccc3c2)NC(=O)N2CCN(C(=O)CCCCC[NH3+])CC2)C1.O=C([O-])C(F)(F)F. The van der Waals surface area contributed by atoms with Crippen molar-refractivity contribution in [2.45, 2.75) is 70.5 Å². The summed E-state index contributed by atoms with van der Waals surface area (Å²) in [6.45, 7) is 5.89. The molecule has 2 aliphatic heterocycles. The van der Waals surface area contributed by atoms with Crippen LogP contribution in [0.5, 0.6) is 0 Å². The first-order valence-electron chi connectivity index (χ1n) is 19.3. The lowest BCUT2D eigenvalue weighted by Gasteiger charge is -2.43. The molecular formula is C41H53F3N6O6. The first kappa shape index (κ1) is 43.5. The zero-order valence-corrected chi connectivity index (χ0v) is 32.0. The number of carbonyl (C=O) groups is 5. The highest BCUT2D eigenvalue weighted by atomic mass is 19.4. The summed E-state index contributed by atoms with van der Waals surface area (Å²) in [5.74, 6) is -3.10. The van der Waals surface area contributed by atoms with Crippen molar-refractivity contribution >= 4 is 40.5 Å². The molecule has 0 aromatic heterocycles. The number of quaternary nitrogens is 1. The number of hydrogen-bond donors (Lipinski definition) is 3. The number of likely N-dealkylation sites (tertiary alicyclic amines) is 1. The van der Waals surface area contributed by atoms with Crippen LogP contribution in [-0.4, -0.2) is 109 Å². The molecule has 0 spiro atoms. The van der Waals surface area contributed by atoms with Crippen LogP contribution < -0.4 is 21.5 Å².